The van der Waals surface area contributed by atoms with Crippen molar-refractivity contribution in [1.29, 1.82) is 5.26 Å². The van der Waals surface area contributed by atoms with Gasteiger partial charge < -0.3 is 21.5 Å². The van der Waals surface area contributed by atoms with Gasteiger partial charge in [0, 0.05) is 11.8 Å². The molecule has 2 rings (SSSR count). The summed E-state index contributed by atoms with van der Waals surface area (Å²) in [5, 5.41) is 11.9. The lowest BCUT2D eigenvalue weighted by molar-refractivity contribution is -0.115. The molecule has 130 valence electrons. The van der Waals surface area contributed by atoms with Gasteiger partial charge in [-0.3, -0.25) is 4.79 Å². The third kappa shape index (κ3) is 4.78. The van der Waals surface area contributed by atoms with E-state index < -0.39 is 5.25 Å². The van der Waals surface area contributed by atoms with Crippen LogP contribution < -0.4 is 21.5 Å². The second kappa shape index (κ2) is 8.26. The monoisotopic (exact) mass is 357 g/mol. The zero-order valence-corrected chi connectivity index (χ0v) is 14.8. The zero-order chi connectivity index (χ0) is 18.4. The van der Waals surface area contributed by atoms with Crippen LogP contribution >= 0.6 is 11.8 Å². The molecule has 8 heteroatoms. The number of carbonyl (C=O) groups excluding carboxylic acids is 1. The van der Waals surface area contributed by atoms with Crippen LogP contribution in [0.5, 0.6) is 5.75 Å². The van der Waals surface area contributed by atoms with Gasteiger partial charge in [-0.2, -0.15) is 5.26 Å². The first-order chi connectivity index (χ1) is 11.9. The van der Waals surface area contributed by atoms with E-state index in [4.69, 9.17) is 16.2 Å². The molecule has 1 unspecified atom stereocenters. The highest BCUT2D eigenvalue weighted by Crippen LogP contribution is 2.30. The van der Waals surface area contributed by atoms with Crippen LogP contribution in [0.3, 0.4) is 0 Å². The number of hydrogen-bond donors (Lipinski definition) is 3. The minimum atomic E-state index is -0.493. The Morgan fingerprint density at radius 3 is 2.68 bits per heavy atom. The number of anilines is 3. The van der Waals surface area contributed by atoms with Crippen LogP contribution in [0.25, 0.3) is 0 Å². The summed E-state index contributed by atoms with van der Waals surface area (Å²) in [6.07, 6.45) is 0. The maximum absolute atomic E-state index is 12.4. The number of amides is 1. The Kier molecular flexibility index (Phi) is 6.08. The number of nitriles is 1. The van der Waals surface area contributed by atoms with Crippen molar-refractivity contribution < 1.29 is 9.53 Å². The molecule has 0 aliphatic heterocycles. The fraction of sp³-hybridized carbons (Fsp3) is 0.235. The van der Waals surface area contributed by atoms with Crippen molar-refractivity contribution >= 4 is 34.9 Å². The number of nitrogens with zero attached hydrogens (tertiary/aromatic N) is 2. The molecule has 1 heterocycles. The summed E-state index contributed by atoms with van der Waals surface area (Å²) >= 11 is 1.13. The number of rotatable bonds is 6. The Morgan fingerprint density at radius 2 is 2.08 bits per heavy atom. The number of ether oxygens (including phenoxy) is 1. The topological polar surface area (TPSA) is 127 Å². The smallest absolute Gasteiger partial charge is 0.237 e. The number of nitrogens with one attached hydrogen (secondary N) is 1. The van der Waals surface area contributed by atoms with Crippen molar-refractivity contribution in [1.82, 2.24) is 4.98 Å². The molecule has 7 nitrogen and oxygen atoms in total. The highest BCUT2D eigenvalue weighted by Gasteiger charge is 2.19. The van der Waals surface area contributed by atoms with E-state index in [9.17, 15) is 10.1 Å². The average Bonchev–Trinajstić information content (AvgIpc) is 2.56. The second-order valence-corrected chi connectivity index (χ2v) is 6.46. The van der Waals surface area contributed by atoms with Gasteiger partial charge in [-0.15, -0.1) is 0 Å². The predicted octanol–water partition coefficient (Wildman–Crippen LogP) is 2.64. The van der Waals surface area contributed by atoms with E-state index >= 15 is 0 Å². The van der Waals surface area contributed by atoms with Gasteiger partial charge >= 0.3 is 0 Å². The molecule has 0 aliphatic carbocycles. The SMILES string of the molecule is CCOc1ccc(NC(=O)C(C)Sc2nc(N)cc(N)c2C#N)cc1. The largest absolute Gasteiger partial charge is 0.494 e. The minimum absolute atomic E-state index is 0.207. The zero-order valence-electron chi connectivity index (χ0n) is 13.9. The molecule has 0 spiro atoms. The molecule has 1 amide bonds. The fourth-order valence-electron chi connectivity index (χ4n) is 2.02. The molecule has 2 aromatic rings. The normalized spacial score (nSPS) is 11.4. The lowest BCUT2D eigenvalue weighted by Gasteiger charge is -2.13. The first kappa shape index (κ1) is 18.4. The molecule has 5 N–H and O–H groups in total. The first-order valence-electron chi connectivity index (χ1n) is 7.61. The van der Waals surface area contributed by atoms with Crippen LogP contribution in [0.15, 0.2) is 35.4 Å². The standard InChI is InChI=1S/C17H19N5O2S/c1-3-24-12-6-4-11(5-7-12)21-16(23)10(2)25-17-13(9-18)14(19)8-15(20)22-17/h4-8,10H,3H2,1-2H3,(H,21,23)(H4,19,20,22). The maximum atomic E-state index is 12.4. The molecule has 1 aromatic heterocycles. The maximum Gasteiger partial charge on any atom is 0.237 e. The molecule has 0 fully saturated rings. The number of aromatic nitrogens is 1. The fourth-order valence-corrected chi connectivity index (χ4v) is 2.96. The summed E-state index contributed by atoms with van der Waals surface area (Å²) in [7, 11) is 0. The van der Waals surface area contributed by atoms with Gasteiger partial charge in [0.25, 0.3) is 0 Å². The third-order valence-electron chi connectivity index (χ3n) is 3.24. The molecule has 1 aromatic carbocycles. The number of benzene rings is 1. The van der Waals surface area contributed by atoms with Crippen molar-refractivity contribution in [2.24, 2.45) is 0 Å². The number of carbonyl (C=O) groups is 1. The number of thioether (sulfide) groups is 1. The number of nitrogens with two attached hydrogens (primary N) is 2. The van der Waals surface area contributed by atoms with Gasteiger partial charge in [0.15, 0.2) is 0 Å². The van der Waals surface area contributed by atoms with E-state index in [1.54, 1.807) is 31.2 Å². The second-order valence-electron chi connectivity index (χ2n) is 5.14. The van der Waals surface area contributed by atoms with Crippen LogP contribution in [0, 0.1) is 11.3 Å². The molecule has 0 aliphatic rings. The molecule has 25 heavy (non-hydrogen) atoms. The van der Waals surface area contributed by atoms with Gasteiger partial charge in [0.2, 0.25) is 5.91 Å². The van der Waals surface area contributed by atoms with Crippen LogP contribution in [-0.2, 0) is 4.79 Å². The summed E-state index contributed by atoms with van der Waals surface area (Å²) in [6.45, 7) is 4.20. The minimum Gasteiger partial charge on any atom is -0.494 e. The Hall–Kier alpha value is -2.92. The van der Waals surface area contributed by atoms with Gasteiger partial charge in [0.1, 0.15) is 28.2 Å². The molecular weight excluding hydrogens is 338 g/mol. The summed E-state index contributed by atoms with van der Waals surface area (Å²) < 4.78 is 5.36. The van der Waals surface area contributed by atoms with E-state index in [2.05, 4.69) is 10.3 Å². The van der Waals surface area contributed by atoms with E-state index in [1.165, 1.54) is 6.07 Å². The highest BCUT2D eigenvalue weighted by molar-refractivity contribution is 8.00. The Morgan fingerprint density at radius 1 is 1.40 bits per heavy atom. The van der Waals surface area contributed by atoms with Crippen molar-refractivity contribution in [2.75, 3.05) is 23.4 Å². The molecule has 1 atom stereocenters. The number of pyridine rings is 1. The lowest BCUT2D eigenvalue weighted by atomic mass is 10.2. The summed E-state index contributed by atoms with van der Waals surface area (Å²) in [5.41, 5.74) is 12.6. The van der Waals surface area contributed by atoms with E-state index in [-0.39, 0.29) is 23.0 Å². The van der Waals surface area contributed by atoms with Crippen LogP contribution in [0.1, 0.15) is 19.4 Å². The van der Waals surface area contributed by atoms with Gasteiger partial charge in [-0.1, -0.05) is 11.8 Å². The van der Waals surface area contributed by atoms with E-state index in [0.29, 0.717) is 17.3 Å². The van der Waals surface area contributed by atoms with Crippen molar-refractivity contribution in [2.45, 2.75) is 24.1 Å². The molecule has 0 saturated carbocycles. The molecule has 0 saturated heterocycles. The van der Waals surface area contributed by atoms with Gasteiger partial charge in [-0.05, 0) is 38.1 Å². The third-order valence-corrected chi connectivity index (χ3v) is 4.33. The number of hydrogen-bond acceptors (Lipinski definition) is 7. The Bertz CT molecular complexity index is 802. The van der Waals surface area contributed by atoms with Gasteiger partial charge in [0.05, 0.1) is 17.5 Å². The Balaban J connectivity index is 2.07. The van der Waals surface area contributed by atoms with Crippen molar-refractivity contribution in [3.8, 4) is 11.8 Å². The van der Waals surface area contributed by atoms with Crippen molar-refractivity contribution in [3.63, 3.8) is 0 Å². The van der Waals surface area contributed by atoms with E-state index in [1.807, 2.05) is 13.0 Å². The number of nitrogen functional groups attached to an aromatic ring is 2. The summed E-state index contributed by atoms with van der Waals surface area (Å²) in [6, 6.07) is 10.5. The first-order valence-corrected chi connectivity index (χ1v) is 8.49. The van der Waals surface area contributed by atoms with Crippen molar-refractivity contribution in [3.05, 3.63) is 35.9 Å². The predicted molar refractivity (Wildman–Crippen MR) is 99.3 cm³/mol. The van der Waals surface area contributed by atoms with Crippen LogP contribution in [0.2, 0.25) is 0 Å². The average molecular weight is 357 g/mol. The van der Waals surface area contributed by atoms with E-state index in [0.717, 1.165) is 17.5 Å². The lowest BCUT2D eigenvalue weighted by Crippen LogP contribution is -2.22. The molecule has 0 bridgehead atoms. The molecule has 0 radical (unpaired) electrons. The summed E-state index contributed by atoms with van der Waals surface area (Å²) in [4.78, 5) is 16.5. The van der Waals surface area contributed by atoms with Crippen LogP contribution in [-0.4, -0.2) is 22.7 Å². The molecular formula is C17H19N5O2S. The highest BCUT2D eigenvalue weighted by atomic mass is 32.2. The Labute approximate surface area is 150 Å². The van der Waals surface area contributed by atoms with Gasteiger partial charge in [-0.25, -0.2) is 4.98 Å². The quantitative estimate of drug-likeness (QED) is 0.678. The van der Waals surface area contributed by atoms with Crippen LogP contribution in [0.4, 0.5) is 17.2 Å². The summed E-state index contributed by atoms with van der Waals surface area (Å²) in [5.74, 6) is 0.722.